The Morgan fingerprint density at radius 1 is 1.26 bits per heavy atom. The summed E-state index contributed by atoms with van der Waals surface area (Å²) >= 11 is 5.91. The van der Waals surface area contributed by atoms with E-state index in [0.29, 0.717) is 12.2 Å². The molecule has 5 heteroatoms. The van der Waals surface area contributed by atoms with Crippen molar-refractivity contribution in [1.82, 2.24) is 14.7 Å². The topological polar surface area (TPSA) is 46.4 Å². The average molecular weight is 328 g/mol. The van der Waals surface area contributed by atoms with Crippen LogP contribution in [0.3, 0.4) is 0 Å². The maximum absolute atomic E-state index is 12.2. The summed E-state index contributed by atoms with van der Waals surface area (Å²) < 4.78 is 1.57. The van der Waals surface area contributed by atoms with Gasteiger partial charge in [-0.15, -0.1) is 0 Å². The molecule has 2 aromatic heterocycles. The van der Waals surface area contributed by atoms with E-state index in [0.717, 1.165) is 21.8 Å². The number of hydrogen-bond donors (Lipinski definition) is 1. The SMILES string of the molecule is Cc1cccn2c(=O)cc(CNC(C)c3ccc(Cl)cc3)nc12. The van der Waals surface area contributed by atoms with Crippen LogP contribution in [0.5, 0.6) is 0 Å². The van der Waals surface area contributed by atoms with E-state index in [4.69, 9.17) is 11.6 Å². The van der Waals surface area contributed by atoms with Gasteiger partial charge >= 0.3 is 0 Å². The third-order valence-electron chi connectivity index (χ3n) is 3.90. The highest BCUT2D eigenvalue weighted by atomic mass is 35.5. The van der Waals surface area contributed by atoms with E-state index in [1.165, 1.54) is 0 Å². The van der Waals surface area contributed by atoms with Crippen LogP contribution < -0.4 is 10.9 Å². The van der Waals surface area contributed by atoms with Crippen molar-refractivity contribution in [3.8, 4) is 0 Å². The Hall–Kier alpha value is -2.17. The van der Waals surface area contributed by atoms with Gasteiger partial charge in [-0.2, -0.15) is 0 Å². The third kappa shape index (κ3) is 3.44. The molecule has 0 radical (unpaired) electrons. The van der Waals surface area contributed by atoms with Crippen LogP contribution in [0.25, 0.3) is 5.65 Å². The smallest absolute Gasteiger partial charge is 0.258 e. The Morgan fingerprint density at radius 3 is 2.74 bits per heavy atom. The molecule has 0 spiro atoms. The Balaban J connectivity index is 1.80. The lowest BCUT2D eigenvalue weighted by Crippen LogP contribution is -2.22. The fraction of sp³-hybridized carbons (Fsp3) is 0.222. The van der Waals surface area contributed by atoms with Crippen molar-refractivity contribution in [3.05, 3.63) is 80.9 Å². The molecule has 0 saturated carbocycles. The fourth-order valence-corrected chi connectivity index (χ4v) is 2.65. The minimum atomic E-state index is -0.0605. The molecule has 118 valence electrons. The lowest BCUT2D eigenvalue weighted by atomic mass is 10.1. The van der Waals surface area contributed by atoms with E-state index >= 15 is 0 Å². The number of nitrogens with zero attached hydrogens (tertiary/aromatic N) is 2. The summed E-state index contributed by atoms with van der Waals surface area (Å²) in [7, 11) is 0. The van der Waals surface area contributed by atoms with Crippen molar-refractivity contribution < 1.29 is 0 Å². The lowest BCUT2D eigenvalue weighted by molar-refractivity contribution is 0.567. The highest BCUT2D eigenvalue weighted by molar-refractivity contribution is 6.30. The van der Waals surface area contributed by atoms with Crippen LogP contribution in [0.2, 0.25) is 5.02 Å². The standard InChI is InChI=1S/C18H18ClN3O/c1-12-4-3-9-22-17(23)10-16(21-18(12)22)11-20-13(2)14-5-7-15(19)8-6-14/h3-10,13,20H,11H2,1-2H3. The molecule has 0 saturated heterocycles. The Kier molecular flexibility index (Phi) is 4.46. The summed E-state index contributed by atoms with van der Waals surface area (Å²) in [6, 6.07) is 13.3. The molecule has 1 unspecified atom stereocenters. The zero-order chi connectivity index (χ0) is 16.4. The maximum Gasteiger partial charge on any atom is 0.258 e. The number of aromatic nitrogens is 2. The van der Waals surface area contributed by atoms with Gasteiger partial charge in [-0.25, -0.2) is 4.98 Å². The molecule has 0 aliphatic heterocycles. The molecule has 23 heavy (non-hydrogen) atoms. The number of hydrogen-bond acceptors (Lipinski definition) is 3. The summed E-state index contributed by atoms with van der Waals surface area (Å²) in [6.07, 6.45) is 1.74. The molecular formula is C18H18ClN3O. The molecule has 0 aliphatic carbocycles. The highest BCUT2D eigenvalue weighted by Gasteiger charge is 2.08. The maximum atomic E-state index is 12.2. The number of fused-ring (bicyclic) bond motifs is 1. The van der Waals surface area contributed by atoms with E-state index in [1.54, 1.807) is 16.7 Å². The number of nitrogens with one attached hydrogen (secondary N) is 1. The predicted molar refractivity (Wildman–Crippen MR) is 92.9 cm³/mol. The van der Waals surface area contributed by atoms with E-state index in [9.17, 15) is 4.79 Å². The van der Waals surface area contributed by atoms with E-state index in [2.05, 4.69) is 17.2 Å². The first-order chi connectivity index (χ1) is 11.0. The first-order valence-corrected chi connectivity index (χ1v) is 7.89. The molecule has 0 bridgehead atoms. The number of benzene rings is 1. The van der Waals surface area contributed by atoms with Crippen LogP contribution in [0.4, 0.5) is 0 Å². The van der Waals surface area contributed by atoms with Gasteiger partial charge in [0.05, 0.1) is 5.69 Å². The molecule has 1 atom stereocenters. The van der Waals surface area contributed by atoms with Crippen LogP contribution in [-0.4, -0.2) is 9.38 Å². The second kappa shape index (κ2) is 6.52. The van der Waals surface area contributed by atoms with E-state index < -0.39 is 0 Å². The van der Waals surface area contributed by atoms with Gasteiger partial charge in [-0.3, -0.25) is 9.20 Å². The molecule has 0 fully saturated rings. The van der Waals surface area contributed by atoms with Gasteiger partial charge in [-0.1, -0.05) is 29.8 Å². The van der Waals surface area contributed by atoms with E-state index in [-0.39, 0.29) is 11.6 Å². The Bertz CT molecular complexity index is 887. The van der Waals surface area contributed by atoms with Gasteiger partial charge in [0, 0.05) is 29.9 Å². The van der Waals surface area contributed by atoms with Crippen molar-refractivity contribution in [1.29, 1.82) is 0 Å². The van der Waals surface area contributed by atoms with Gasteiger partial charge < -0.3 is 5.32 Å². The summed E-state index contributed by atoms with van der Waals surface area (Å²) in [5, 5.41) is 4.12. The summed E-state index contributed by atoms with van der Waals surface area (Å²) in [5.74, 6) is 0. The van der Waals surface area contributed by atoms with Crippen molar-refractivity contribution in [2.75, 3.05) is 0 Å². The normalized spacial score (nSPS) is 12.5. The molecule has 1 N–H and O–H groups in total. The molecule has 4 nitrogen and oxygen atoms in total. The fourth-order valence-electron chi connectivity index (χ4n) is 2.53. The Morgan fingerprint density at radius 2 is 2.00 bits per heavy atom. The average Bonchev–Trinajstić information content (AvgIpc) is 2.54. The minimum absolute atomic E-state index is 0.0605. The number of rotatable bonds is 4. The van der Waals surface area contributed by atoms with Crippen LogP contribution >= 0.6 is 11.6 Å². The summed E-state index contributed by atoms with van der Waals surface area (Å²) in [6.45, 7) is 4.56. The highest BCUT2D eigenvalue weighted by Crippen LogP contribution is 2.16. The second-order valence-electron chi connectivity index (χ2n) is 5.62. The second-order valence-corrected chi connectivity index (χ2v) is 6.06. The zero-order valence-electron chi connectivity index (χ0n) is 13.1. The Labute approximate surface area is 139 Å². The quantitative estimate of drug-likeness (QED) is 0.797. The summed E-state index contributed by atoms with van der Waals surface area (Å²) in [4.78, 5) is 16.8. The van der Waals surface area contributed by atoms with Gasteiger partial charge in [-0.05, 0) is 43.2 Å². The van der Waals surface area contributed by atoms with Gasteiger partial charge in [0.1, 0.15) is 5.65 Å². The van der Waals surface area contributed by atoms with Crippen LogP contribution in [-0.2, 0) is 6.54 Å². The molecule has 2 heterocycles. The van der Waals surface area contributed by atoms with Crippen LogP contribution in [0, 0.1) is 6.92 Å². The molecule has 3 rings (SSSR count). The van der Waals surface area contributed by atoms with Crippen molar-refractivity contribution in [2.24, 2.45) is 0 Å². The van der Waals surface area contributed by atoms with Crippen molar-refractivity contribution in [2.45, 2.75) is 26.4 Å². The predicted octanol–water partition coefficient (Wildman–Crippen LogP) is 3.51. The molecule has 1 aromatic carbocycles. The van der Waals surface area contributed by atoms with Gasteiger partial charge in [0.2, 0.25) is 0 Å². The summed E-state index contributed by atoms with van der Waals surface area (Å²) in [5.41, 5.74) is 3.51. The number of pyridine rings is 1. The van der Waals surface area contributed by atoms with Crippen molar-refractivity contribution in [3.63, 3.8) is 0 Å². The van der Waals surface area contributed by atoms with Crippen LogP contribution in [0.1, 0.15) is 29.8 Å². The molecular weight excluding hydrogens is 310 g/mol. The van der Waals surface area contributed by atoms with Crippen LogP contribution in [0.15, 0.2) is 53.5 Å². The monoisotopic (exact) mass is 327 g/mol. The number of halogens is 1. The molecule has 3 aromatic rings. The van der Waals surface area contributed by atoms with E-state index in [1.807, 2.05) is 43.3 Å². The van der Waals surface area contributed by atoms with Gasteiger partial charge in [0.15, 0.2) is 0 Å². The van der Waals surface area contributed by atoms with Crippen molar-refractivity contribution >= 4 is 17.2 Å². The largest absolute Gasteiger partial charge is 0.305 e. The first kappa shape index (κ1) is 15.7. The lowest BCUT2D eigenvalue weighted by Gasteiger charge is -2.14. The number of aryl methyl sites for hydroxylation is 1. The van der Waals surface area contributed by atoms with Gasteiger partial charge in [0.25, 0.3) is 5.56 Å². The minimum Gasteiger partial charge on any atom is -0.305 e. The molecule has 0 aliphatic rings. The third-order valence-corrected chi connectivity index (χ3v) is 4.15. The molecule has 0 amide bonds. The first-order valence-electron chi connectivity index (χ1n) is 7.51. The zero-order valence-corrected chi connectivity index (χ0v) is 13.8.